The molecule has 19 heavy (non-hydrogen) atoms. The summed E-state index contributed by atoms with van der Waals surface area (Å²) in [6.45, 7) is 6.65. The maximum atomic E-state index is 12.4. The van der Waals surface area contributed by atoms with Gasteiger partial charge in [-0.05, 0) is 47.6 Å². The molecule has 0 N–H and O–H groups in total. The van der Waals surface area contributed by atoms with Crippen LogP contribution < -0.4 is 0 Å². The van der Waals surface area contributed by atoms with Crippen LogP contribution in [0.4, 0.5) is 0 Å². The van der Waals surface area contributed by atoms with Crippen molar-refractivity contribution >= 4 is 5.78 Å². The van der Waals surface area contributed by atoms with Gasteiger partial charge in [0.2, 0.25) is 0 Å². The predicted molar refractivity (Wildman–Crippen MR) is 78.2 cm³/mol. The van der Waals surface area contributed by atoms with E-state index in [0.717, 1.165) is 12.8 Å². The van der Waals surface area contributed by atoms with Gasteiger partial charge in [-0.3, -0.25) is 4.79 Å². The number of hydrogen-bond acceptors (Lipinski definition) is 1. The van der Waals surface area contributed by atoms with Crippen molar-refractivity contribution in [1.82, 2.24) is 0 Å². The number of fused-ring (bicyclic) bond motifs is 3. The molecule has 1 saturated carbocycles. The molecule has 2 aliphatic rings. The highest BCUT2D eigenvalue weighted by atomic mass is 16.1. The largest absolute Gasteiger partial charge is 0.299 e. The quantitative estimate of drug-likeness (QED) is 0.785. The molecule has 3 atom stereocenters. The minimum atomic E-state index is 0.271. The molecule has 0 heterocycles. The number of rotatable bonds is 3. The number of carbonyl (C=O) groups is 1. The summed E-state index contributed by atoms with van der Waals surface area (Å²) in [6, 6.07) is 8.72. The number of benzene rings is 1. The van der Waals surface area contributed by atoms with Gasteiger partial charge in [0, 0.05) is 12.3 Å². The van der Waals surface area contributed by atoms with E-state index in [1.807, 2.05) is 0 Å². The normalized spacial score (nSPS) is 28.5. The molecule has 1 aromatic carbocycles. The second kappa shape index (κ2) is 4.47. The molecule has 1 fully saturated rings. The zero-order valence-corrected chi connectivity index (χ0v) is 12.3. The fourth-order valence-electron chi connectivity index (χ4n) is 3.67. The fraction of sp³-hybridized carbons (Fsp3) is 0.611. The topological polar surface area (TPSA) is 17.1 Å². The van der Waals surface area contributed by atoms with Crippen LogP contribution in [0.5, 0.6) is 0 Å². The minimum absolute atomic E-state index is 0.271. The Bertz CT molecular complexity index is 495. The molecule has 0 saturated heterocycles. The van der Waals surface area contributed by atoms with E-state index in [2.05, 4.69) is 45.0 Å². The van der Waals surface area contributed by atoms with E-state index in [4.69, 9.17) is 0 Å². The Morgan fingerprint density at radius 3 is 2.74 bits per heavy atom. The number of ketones is 1. The fourth-order valence-corrected chi connectivity index (χ4v) is 3.67. The van der Waals surface area contributed by atoms with Crippen LogP contribution in [0, 0.1) is 17.3 Å². The van der Waals surface area contributed by atoms with Crippen LogP contribution in [0.2, 0.25) is 0 Å². The van der Waals surface area contributed by atoms with Gasteiger partial charge in [0.15, 0.2) is 0 Å². The zero-order valence-electron chi connectivity index (χ0n) is 12.3. The van der Waals surface area contributed by atoms with Gasteiger partial charge >= 0.3 is 0 Å². The van der Waals surface area contributed by atoms with Gasteiger partial charge in [-0.25, -0.2) is 0 Å². The van der Waals surface area contributed by atoms with Gasteiger partial charge in [-0.1, -0.05) is 45.0 Å². The summed E-state index contributed by atoms with van der Waals surface area (Å²) < 4.78 is 0. The van der Waals surface area contributed by atoms with E-state index in [9.17, 15) is 4.79 Å². The first-order valence-corrected chi connectivity index (χ1v) is 7.58. The molecule has 2 aliphatic carbocycles. The van der Waals surface area contributed by atoms with Crippen molar-refractivity contribution in [2.75, 3.05) is 0 Å². The average molecular weight is 256 g/mol. The third-order valence-electron chi connectivity index (χ3n) is 4.82. The average Bonchev–Trinajstić information content (AvgIpc) is 3.10. The molecule has 0 amide bonds. The van der Waals surface area contributed by atoms with Gasteiger partial charge in [0.25, 0.3) is 0 Å². The highest BCUT2D eigenvalue weighted by Crippen LogP contribution is 2.60. The molecule has 0 spiro atoms. The van der Waals surface area contributed by atoms with E-state index < -0.39 is 0 Å². The van der Waals surface area contributed by atoms with E-state index in [0.29, 0.717) is 23.5 Å². The van der Waals surface area contributed by atoms with Crippen LogP contribution in [0.25, 0.3) is 0 Å². The van der Waals surface area contributed by atoms with Crippen LogP contribution in [0.1, 0.15) is 57.1 Å². The number of carbonyl (C=O) groups excluding carboxylic acids is 1. The third kappa shape index (κ3) is 2.48. The summed E-state index contributed by atoms with van der Waals surface area (Å²) in [5.41, 5.74) is 3.22. The van der Waals surface area contributed by atoms with Crippen LogP contribution in [-0.2, 0) is 11.2 Å². The summed E-state index contributed by atoms with van der Waals surface area (Å²) in [7, 11) is 0. The van der Waals surface area contributed by atoms with Gasteiger partial charge in [-0.15, -0.1) is 0 Å². The Hall–Kier alpha value is -1.11. The molecular formula is C18H24O. The number of hydrogen-bond donors (Lipinski definition) is 0. The van der Waals surface area contributed by atoms with Crippen LogP contribution in [-0.4, -0.2) is 5.78 Å². The predicted octanol–water partition coefficient (Wildman–Crippen LogP) is 4.36. The highest BCUT2D eigenvalue weighted by Gasteiger charge is 2.56. The molecule has 0 radical (unpaired) electrons. The molecule has 1 nitrogen and oxygen atoms in total. The molecule has 0 aliphatic heterocycles. The van der Waals surface area contributed by atoms with Gasteiger partial charge in [0.1, 0.15) is 5.78 Å². The van der Waals surface area contributed by atoms with Crippen molar-refractivity contribution in [3.05, 3.63) is 35.4 Å². The van der Waals surface area contributed by atoms with Crippen molar-refractivity contribution in [1.29, 1.82) is 0 Å². The monoisotopic (exact) mass is 256 g/mol. The Balaban J connectivity index is 1.69. The van der Waals surface area contributed by atoms with Gasteiger partial charge in [0.05, 0.1) is 0 Å². The Kier molecular flexibility index (Phi) is 3.03. The molecule has 3 rings (SSSR count). The smallest absolute Gasteiger partial charge is 0.136 e. The second-order valence-corrected chi connectivity index (χ2v) is 7.48. The molecule has 1 aromatic rings. The third-order valence-corrected chi connectivity index (χ3v) is 4.82. The lowest BCUT2D eigenvalue weighted by Gasteiger charge is -2.17. The van der Waals surface area contributed by atoms with Crippen molar-refractivity contribution in [2.24, 2.45) is 17.3 Å². The Morgan fingerprint density at radius 2 is 2.00 bits per heavy atom. The minimum Gasteiger partial charge on any atom is -0.299 e. The van der Waals surface area contributed by atoms with Crippen molar-refractivity contribution in [3.63, 3.8) is 0 Å². The molecule has 102 valence electrons. The maximum absolute atomic E-state index is 12.4. The summed E-state index contributed by atoms with van der Waals surface area (Å²) in [4.78, 5) is 12.4. The molecule has 0 aromatic heterocycles. The van der Waals surface area contributed by atoms with Crippen LogP contribution in [0.3, 0.4) is 0 Å². The number of Topliss-reactive ketones (excluding diaryl/α,β-unsaturated/α-hetero) is 1. The van der Waals surface area contributed by atoms with E-state index in [1.165, 1.54) is 24.0 Å². The van der Waals surface area contributed by atoms with Crippen LogP contribution in [0.15, 0.2) is 24.3 Å². The second-order valence-electron chi connectivity index (χ2n) is 7.48. The lowest BCUT2D eigenvalue weighted by molar-refractivity contribution is -0.121. The SMILES string of the molecule is CC(C)(C)CCC(=O)C1C2CCc3ccccc3C21. The van der Waals surface area contributed by atoms with Crippen molar-refractivity contribution in [2.45, 2.75) is 52.4 Å². The maximum Gasteiger partial charge on any atom is 0.136 e. The number of aryl methyl sites for hydroxylation is 1. The van der Waals surface area contributed by atoms with Crippen LogP contribution >= 0.6 is 0 Å². The van der Waals surface area contributed by atoms with Gasteiger partial charge in [-0.2, -0.15) is 0 Å². The molecule has 1 heteroatoms. The standard InChI is InChI=1S/C18H24O/c1-18(2,3)11-10-15(19)17-14-9-8-12-6-4-5-7-13(12)16(14)17/h4-7,14,16-17H,8-11H2,1-3H3. The van der Waals surface area contributed by atoms with E-state index >= 15 is 0 Å². The first-order valence-electron chi connectivity index (χ1n) is 7.58. The Labute approximate surface area is 116 Å². The molecule has 0 bridgehead atoms. The van der Waals surface area contributed by atoms with E-state index in [1.54, 1.807) is 0 Å². The molecule has 3 unspecified atom stereocenters. The van der Waals surface area contributed by atoms with E-state index in [-0.39, 0.29) is 5.41 Å². The van der Waals surface area contributed by atoms with Gasteiger partial charge < -0.3 is 0 Å². The zero-order chi connectivity index (χ0) is 13.6. The summed E-state index contributed by atoms with van der Waals surface area (Å²) in [6.07, 6.45) is 4.17. The first kappa shape index (κ1) is 12.9. The summed E-state index contributed by atoms with van der Waals surface area (Å²) >= 11 is 0. The summed E-state index contributed by atoms with van der Waals surface area (Å²) in [5, 5.41) is 0. The van der Waals surface area contributed by atoms with Crippen molar-refractivity contribution in [3.8, 4) is 0 Å². The highest BCUT2D eigenvalue weighted by molar-refractivity contribution is 5.86. The summed E-state index contributed by atoms with van der Waals surface area (Å²) in [5.74, 6) is 2.06. The Morgan fingerprint density at radius 1 is 1.26 bits per heavy atom. The lowest BCUT2D eigenvalue weighted by atomic mass is 9.88. The first-order chi connectivity index (χ1) is 8.97. The van der Waals surface area contributed by atoms with Crippen molar-refractivity contribution < 1.29 is 4.79 Å². The molecular weight excluding hydrogens is 232 g/mol. The lowest BCUT2D eigenvalue weighted by Crippen LogP contribution is -2.11.